The first-order chi connectivity index (χ1) is 8.09. The molecule has 0 aromatic carbocycles. The fourth-order valence-electron chi connectivity index (χ4n) is 1.74. The van der Waals surface area contributed by atoms with Crippen LogP contribution in [0.25, 0.3) is 0 Å². The predicted octanol–water partition coefficient (Wildman–Crippen LogP) is 2.76. The van der Waals surface area contributed by atoms with Gasteiger partial charge < -0.3 is 10.4 Å². The van der Waals surface area contributed by atoms with Gasteiger partial charge >= 0.3 is 0 Å². The van der Waals surface area contributed by atoms with Gasteiger partial charge in [-0.15, -0.1) is 11.3 Å². The molecular formula is C12H22N2OS2. The average molecular weight is 274 g/mol. The molecule has 0 aliphatic rings. The molecule has 3 nitrogen and oxygen atoms in total. The number of hydrogen-bond donors (Lipinski definition) is 2. The summed E-state index contributed by atoms with van der Waals surface area (Å²) < 4.78 is 1.10. The molecular weight excluding hydrogens is 252 g/mol. The number of rotatable bonds is 8. The second-order valence-corrected chi connectivity index (χ2v) is 7.16. The van der Waals surface area contributed by atoms with Gasteiger partial charge in [0.25, 0.3) is 0 Å². The molecule has 0 bridgehead atoms. The first-order valence-corrected chi connectivity index (χ1v) is 7.77. The zero-order chi connectivity index (χ0) is 12.7. The molecule has 0 aliphatic heterocycles. The standard InChI is InChI=1S/C12H22N2OS2/c1-4-5-14-12(3,9-15)8-10(2)17-11-13-6-7-16-11/h6-7,10,14-15H,4-5,8-9H2,1-3H3. The number of thioether (sulfide) groups is 1. The first-order valence-electron chi connectivity index (χ1n) is 6.01. The first kappa shape index (κ1) is 15.0. The van der Waals surface area contributed by atoms with Gasteiger partial charge in [0.05, 0.1) is 6.61 Å². The summed E-state index contributed by atoms with van der Waals surface area (Å²) in [5.41, 5.74) is -0.181. The molecule has 1 aromatic rings. The van der Waals surface area contributed by atoms with Crippen LogP contribution >= 0.6 is 23.1 Å². The van der Waals surface area contributed by atoms with Crippen molar-refractivity contribution in [1.29, 1.82) is 0 Å². The monoisotopic (exact) mass is 274 g/mol. The van der Waals surface area contributed by atoms with E-state index in [2.05, 4.69) is 31.1 Å². The molecule has 1 aromatic heterocycles. The van der Waals surface area contributed by atoms with E-state index < -0.39 is 0 Å². The van der Waals surface area contributed by atoms with Crippen molar-refractivity contribution in [3.05, 3.63) is 11.6 Å². The van der Waals surface area contributed by atoms with Crippen molar-refractivity contribution in [2.75, 3.05) is 13.2 Å². The van der Waals surface area contributed by atoms with Crippen LogP contribution in [0.2, 0.25) is 0 Å². The highest BCUT2D eigenvalue weighted by Crippen LogP contribution is 2.29. The minimum absolute atomic E-state index is 0.176. The molecule has 5 heteroatoms. The lowest BCUT2D eigenvalue weighted by atomic mass is 9.97. The smallest absolute Gasteiger partial charge is 0.150 e. The molecule has 0 aliphatic carbocycles. The van der Waals surface area contributed by atoms with Gasteiger partial charge in [-0.3, -0.25) is 0 Å². The van der Waals surface area contributed by atoms with Crippen molar-refractivity contribution < 1.29 is 5.11 Å². The van der Waals surface area contributed by atoms with Crippen molar-refractivity contribution in [2.24, 2.45) is 0 Å². The largest absolute Gasteiger partial charge is 0.394 e. The minimum Gasteiger partial charge on any atom is -0.394 e. The Labute approximate surface area is 112 Å². The molecule has 1 heterocycles. The maximum Gasteiger partial charge on any atom is 0.150 e. The SMILES string of the molecule is CCCNC(C)(CO)CC(C)Sc1nccs1. The van der Waals surface area contributed by atoms with Crippen LogP contribution in [0, 0.1) is 0 Å². The number of thiazole rings is 1. The predicted molar refractivity (Wildman–Crippen MR) is 75.8 cm³/mol. The van der Waals surface area contributed by atoms with Crippen molar-refractivity contribution in [3.63, 3.8) is 0 Å². The average Bonchev–Trinajstić information content (AvgIpc) is 2.79. The molecule has 0 spiro atoms. The van der Waals surface area contributed by atoms with Crippen molar-refractivity contribution in [3.8, 4) is 0 Å². The Balaban J connectivity index is 2.43. The van der Waals surface area contributed by atoms with Crippen LogP contribution in [0.5, 0.6) is 0 Å². The van der Waals surface area contributed by atoms with Gasteiger partial charge in [0.1, 0.15) is 4.34 Å². The van der Waals surface area contributed by atoms with E-state index in [4.69, 9.17) is 0 Å². The third-order valence-corrected chi connectivity index (χ3v) is 4.62. The molecule has 2 atom stereocenters. The minimum atomic E-state index is -0.181. The van der Waals surface area contributed by atoms with Crippen LogP contribution in [0.4, 0.5) is 0 Å². The van der Waals surface area contributed by atoms with Gasteiger partial charge in [-0.25, -0.2) is 4.98 Å². The Kier molecular flexibility index (Phi) is 6.48. The Morgan fingerprint density at radius 3 is 2.94 bits per heavy atom. The van der Waals surface area contributed by atoms with E-state index in [1.165, 1.54) is 0 Å². The fourth-order valence-corrected chi connectivity index (χ4v) is 3.89. The van der Waals surface area contributed by atoms with E-state index in [0.29, 0.717) is 5.25 Å². The van der Waals surface area contributed by atoms with Crippen LogP contribution < -0.4 is 5.32 Å². The van der Waals surface area contributed by atoms with E-state index in [0.717, 1.165) is 23.7 Å². The summed E-state index contributed by atoms with van der Waals surface area (Å²) in [7, 11) is 0. The summed E-state index contributed by atoms with van der Waals surface area (Å²) in [6, 6.07) is 0. The number of nitrogens with zero attached hydrogens (tertiary/aromatic N) is 1. The highest BCUT2D eigenvalue weighted by atomic mass is 32.2. The number of hydrogen-bond acceptors (Lipinski definition) is 5. The lowest BCUT2D eigenvalue weighted by Crippen LogP contribution is -2.47. The van der Waals surface area contributed by atoms with Gasteiger partial charge in [-0.05, 0) is 26.3 Å². The normalized spacial score (nSPS) is 16.7. The third kappa shape index (κ3) is 5.38. The molecule has 0 radical (unpaired) electrons. The summed E-state index contributed by atoms with van der Waals surface area (Å²) in [6.45, 7) is 7.54. The van der Waals surface area contributed by atoms with Gasteiger partial charge in [-0.2, -0.15) is 0 Å². The summed E-state index contributed by atoms with van der Waals surface area (Å²) in [6.07, 6.45) is 3.86. The number of aliphatic hydroxyl groups is 1. The molecule has 0 amide bonds. The van der Waals surface area contributed by atoms with E-state index >= 15 is 0 Å². The van der Waals surface area contributed by atoms with Crippen LogP contribution in [0.3, 0.4) is 0 Å². The second-order valence-electron chi connectivity index (χ2n) is 4.58. The Morgan fingerprint density at radius 2 is 2.41 bits per heavy atom. The van der Waals surface area contributed by atoms with E-state index in [1.54, 1.807) is 23.1 Å². The van der Waals surface area contributed by atoms with Crippen molar-refractivity contribution >= 4 is 23.1 Å². The number of aromatic nitrogens is 1. The molecule has 17 heavy (non-hydrogen) atoms. The maximum atomic E-state index is 9.50. The van der Waals surface area contributed by atoms with Gasteiger partial charge in [0, 0.05) is 22.4 Å². The van der Waals surface area contributed by atoms with E-state index in [9.17, 15) is 5.11 Å². The van der Waals surface area contributed by atoms with E-state index in [-0.39, 0.29) is 12.1 Å². The molecule has 2 N–H and O–H groups in total. The maximum absolute atomic E-state index is 9.50. The van der Waals surface area contributed by atoms with Crippen LogP contribution in [0.1, 0.15) is 33.6 Å². The zero-order valence-corrected chi connectivity index (χ0v) is 12.4. The molecule has 98 valence electrons. The van der Waals surface area contributed by atoms with Gasteiger partial charge in [-0.1, -0.05) is 25.6 Å². The fraction of sp³-hybridized carbons (Fsp3) is 0.750. The molecule has 1 rings (SSSR count). The summed E-state index contributed by atoms with van der Waals surface area (Å²) in [4.78, 5) is 4.27. The summed E-state index contributed by atoms with van der Waals surface area (Å²) in [5.74, 6) is 0. The quantitative estimate of drug-likeness (QED) is 0.716. The third-order valence-electron chi connectivity index (χ3n) is 2.60. The molecule has 0 fully saturated rings. The number of aliphatic hydroxyl groups excluding tert-OH is 1. The van der Waals surface area contributed by atoms with Crippen molar-refractivity contribution in [1.82, 2.24) is 10.3 Å². The molecule has 0 saturated carbocycles. The topological polar surface area (TPSA) is 45.1 Å². The highest BCUT2D eigenvalue weighted by molar-refractivity contribution is 8.01. The van der Waals surface area contributed by atoms with Gasteiger partial charge in [0.15, 0.2) is 0 Å². The lowest BCUT2D eigenvalue weighted by Gasteiger charge is -2.31. The molecule has 0 saturated heterocycles. The second kappa shape index (κ2) is 7.36. The summed E-state index contributed by atoms with van der Waals surface area (Å²) >= 11 is 3.45. The van der Waals surface area contributed by atoms with Crippen LogP contribution in [-0.2, 0) is 0 Å². The van der Waals surface area contributed by atoms with Crippen molar-refractivity contribution in [2.45, 2.75) is 48.7 Å². The van der Waals surface area contributed by atoms with Gasteiger partial charge in [0.2, 0.25) is 0 Å². The Bertz CT molecular complexity index is 305. The number of nitrogens with one attached hydrogen (secondary N) is 1. The van der Waals surface area contributed by atoms with Crippen LogP contribution in [0.15, 0.2) is 15.9 Å². The zero-order valence-electron chi connectivity index (χ0n) is 10.8. The highest BCUT2D eigenvalue weighted by Gasteiger charge is 2.25. The molecule has 2 unspecified atom stereocenters. The summed E-state index contributed by atoms with van der Waals surface area (Å²) in [5, 5.41) is 15.4. The van der Waals surface area contributed by atoms with Crippen LogP contribution in [-0.4, -0.2) is 34.0 Å². The van der Waals surface area contributed by atoms with E-state index in [1.807, 2.05) is 11.6 Å². The Hall–Kier alpha value is -0.100. The Morgan fingerprint density at radius 1 is 1.65 bits per heavy atom. The lowest BCUT2D eigenvalue weighted by molar-refractivity contribution is 0.166.